The molecule has 23 heavy (non-hydrogen) atoms. The number of rotatable bonds is 2. The number of nitrogens with one attached hydrogen (secondary N) is 1. The van der Waals surface area contributed by atoms with Gasteiger partial charge in [-0.2, -0.15) is 0 Å². The van der Waals surface area contributed by atoms with E-state index in [0.29, 0.717) is 11.8 Å². The van der Waals surface area contributed by atoms with Crippen molar-refractivity contribution in [3.05, 3.63) is 17.6 Å². The summed E-state index contributed by atoms with van der Waals surface area (Å²) in [4.78, 5) is 25.8. The zero-order valence-electron chi connectivity index (χ0n) is 13.6. The maximum atomic E-state index is 12.3. The van der Waals surface area contributed by atoms with Gasteiger partial charge >= 0.3 is 0 Å². The Kier molecular flexibility index (Phi) is 4.16. The Bertz CT molecular complexity index is 586. The molecule has 0 bridgehead atoms. The second kappa shape index (κ2) is 6.43. The van der Waals surface area contributed by atoms with Gasteiger partial charge in [-0.25, -0.2) is 9.97 Å². The third-order valence-corrected chi connectivity index (χ3v) is 5.14. The average molecular weight is 315 g/mol. The highest BCUT2D eigenvalue weighted by Crippen LogP contribution is 2.31. The number of hydrogen-bond donors (Lipinski definition) is 1. The lowest BCUT2D eigenvalue weighted by Crippen LogP contribution is -2.36. The van der Waals surface area contributed by atoms with Crippen molar-refractivity contribution in [2.75, 3.05) is 44.2 Å². The van der Waals surface area contributed by atoms with Gasteiger partial charge in [-0.3, -0.25) is 4.79 Å². The Morgan fingerprint density at radius 2 is 1.96 bits per heavy atom. The first-order valence-corrected chi connectivity index (χ1v) is 8.90. The quantitative estimate of drug-likeness (QED) is 0.867. The van der Waals surface area contributed by atoms with Gasteiger partial charge in [-0.1, -0.05) is 0 Å². The largest absolute Gasteiger partial charge is 0.354 e. The number of nitrogens with zero attached hydrogens (tertiary/aromatic N) is 4. The lowest BCUT2D eigenvalue weighted by atomic mass is 10.1. The minimum absolute atomic E-state index is 0.322. The molecule has 6 heteroatoms. The third-order valence-electron chi connectivity index (χ3n) is 5.14. The van der Waals surface area contributed by atoms with E-state index in [1.165, 1.54) is 11.3 Å². The minimum atomic E-state index is 0.322. The fourth-order valence-electron chi connectivity index (χ4n) is 3.67. The van der Waals surface area contributed by atoms with Gasteiger partial charge in [-0.15, -0.1) is 0 Å². The summed E-state index contributed by atoms with van der Waals surface area (Å²) in [6.07, 6.45) is 6.88. The molecule has 1 aromatic heterocycles. The van der Waals surface area contributed by atoms with Gasteiger partial charge in [0.15, 0.2) is 0 Å². The van der Waals surface area contributed by atoms with E-state index < -0.39 is 0 Å². The van der Waals surface area contributed by atoms with E-state index in [1.807, 2.05) is 0 Å². The van der Waals surface area contributed by atoms with Crippen molar-refractivity contribution in [1.29, 1.82) is 0 Å². The van der Waals surface area contributed by atoms with Gasteiger partial charge in [0.1, 0.15) is 12.1 Å². The number of carbonyl (C=O) groups is 1. The van der Waals surface area contributed by atoms with Crippen molar-refractivity contribution >= 4 is 11.7 Å². The van der Waals surface area contributed by atoms with Crippen LogP contribution < -0.4 is 10.2 Å². The number of carbonyl (C=O) groups excluding carboxylic acids is 1. The molecule has 1 aliphatic carbocycles. The number of anilines is 1. The first kappa shape index (κ1) is 14.9. The molecule has 2 aliphatic heterocycles. The minimum Gasteiger partial charge on any atom is -0.354 e. The smallest absolute Gasteiger partial charge is 0.225 e. The molecule has 1 N–H and O–H groups in total. The molecule has 1 saturated carbocycles. The van der Waals surface area contributed by atoms with Gasteiger partial charge in [-0.05, 0) is 32.2 Å². The van der Waals surface area contributed by atoms with Gasteiger partial charge < -0.3 is 15.1 Å². The Balaban J connectivity index is 1.51. The Morgan fingerprint density at radius 3 is 2.83 bits per heavy atom. The van der Waals surface area contributed by atoms with Crippen molar-refractivity contribution in [3.8, 4) is 0 Å². The second-order valence-electron chi connectivity index (χ2n) is 6.81. The van der Waals surface area contributed by atoms with E-state index in [4.69, 9.17) is 0 Å². The molecule has 0 radical (unpaired) electrons. The number of aromatic nitrogens is 2. The highest BCUT2D eigenvalue weighted by molar-refractivity contribution is 5.81. The van der Waals surface area contributed by atoms with E-state index in [2.05, 4.69) is 25.1 Å². The fraction of sp³-hybridized carbons (Fsp3) is 0.706. The molecule has 0 aromatic carbocycles. The predicted octanol–water partition coefficient (Wildman–Crippen LogP) is 0.614. The molecule has 6 nitrogen and oxygen atoms in total. The summed E-state index contributed by atoms with van der Waals surface area (Å²) in [5, 5.41) is 3.44. The molecule has 4 rings (SSSR count). The van der Waals surface area contributed by atoms with Crippen LogP contribution in [0.5, 0.6) is 0 Å². The monoisotopic (exact) mass is 315 g/mol. The molecule has 1 saturated heterocycles. The highest BCUT2D eigenvalue weighted by atomic mass is 16.2. The first-order chi connectivity index (χ1) is 11.3. The van der Waals surface area contributed by atoms with E-state index in [1.54, 1.807) is 6.33 Å². The number of hydrogen-bond acceptors (Lipinski definition) is 5. The van der Waals surface area contributed by atoms with Crippen LogP contribution in [0.1, 0.15) is 30.5 Å². The normalized spacial score (nSPS) is 22.3. The van der Waals surface area contributed by atoms with Crippen LogP contribution in [0.15, 0.2) is 6.33 Å². The van der Waals surface area contributed by atoms with Crippen LogP contribution in [0, 0.1) is 5.92 Å². The van der Waals surface area contributed by atoms with Gasteiger partial charge in [0.25, 0.3) is 0 Å². The lowest BCUT2D eigenvalue weighted by molar-refractivity contribution is -0.132. The summed E-state index contributed by atoms with van der Waals surface area (Å²) < 4.78 is 0. The molecular weight excluding hydrogens is 290 g/mol. The molecule has 2 fully saturated rings. The maximum absolute atomic E-state index is 12.3. The molecule has 0 unspecified atom stereocenters. The maximum Gasteiger partial charge on any atom is 0.225 e. The Hall–Kier alpha value is -1.69. The van der Waals surface area contributed by atoms with Crippen LogP contribution in [-0.2, 0) is 17.6 Å². The van der Waals surface area contributed by atoms with E-state index >= 15 is 0 Å². The molecule has 3 heterocycles. The van der Waals surface area contributed by atoms with Gasteiger partial charge in [0.2, 0.25) is 5.91 Å². The highest BCUT2D eigenvalue weighted by Gasteiger charge is 2.34. The molecular formula is C17H25N5O. The van der Waals surface area contributed by atoms with Gasteiger partial charge in [0, 0.05) is 50.6 Å². The van der Waals surface area contributed by atoms with E-state index in [0.717, 1.165) is 77.2 Å². The van der Waals surface area contributed by atoms with Crippen LogP contribution in [-0.4, -0.2) is 60.0 Å². The Labute approximate surface area is 137 Å². The average Bonchev–Trinajstić information content (AvgIpc) is 3.41. The molecule has 124 valence electrons. The van der Waals surface area contributed by atoms with Crippen LogP contribution >= 0.6 is 0 Å². The van der Waals surface area contributed by atoms with E-state index in [9.17, 15) is 4.79 Å². The Morgan fingerprint density at radius 1 is 1.09 bits per heavy atom. The third kappa shape index (κ3) is 3.17. The van der Waals surface area contributed by atoms with Crippen molar-refractivity contribution in [2.45, 2.75) is 32.1 Å². The van der Waals surface area contributed by atoms with Crippen LogP contribution in [0.4, 0.5) is 5.82 Å². The summed E-state index contributed by atoms with van der Waals surface area (Å²) in [5.41, 5.74) is 2.50. The first-order valence-electron chi connectivity index (χ1n) is 8.90. The van der Waals surface area contributed by atoms with E-state index in [-0.39, 0.29) is 0 Å². The summed E-state index contributed by atoms with van der Waals surface area (Å²) in [7, 11) is 0. The van der Waals surface area contributed by atoms with Crippen molar-refractivity contribution < 1.29 is 4.79 Å². The summed E-state index contributed by atoms with van der Waals surface area (Å²) >= 11 is 0. The number of fused-ring (bicyclic) bond motifs is 1. The lowest BCUT2D eigenvalue weighted by Gasteiger charge is -2.25. The van der Waals surface area contributed by atoms with Gasteiger partial charge in [0.05, 0.1) is 5.69 Å². The summed E-state index contributed by atoms with van der Waals surface area (Å²) in [6.45, 7) is 5.56. The van der Waals surface area contributed by atoms with Crippen LogP contribution in [0.2, 0.25) is 0 Å². The molecule has 1 amide bonds. The molecule has 0 spiro atoms. The fourth-order valence-corrected chi connectivity index (χ4v) is 3.67. The van der Waals surface area contributed by atoms with Crippen molar-refractivity contribution in [1.82, 2.24) is 20.2 Å². The zero-order chi connectivity index (χ0) is 15.6. The molecule has 0 atom stereocenters. The number of amides is 1. The SMILES string of the molecule is O=C(C1CC1)N1CCCN(c2ncnc3c2CCNCC3)CC1. The summed E-state index contributed by atoms with van der Waals surface area (Å²) in [6, 6.07) is 0. The molecule has 1 aromatic rings. The topological polar surface area (TPSA) is 61.4 Å². The zero-order valence-corrected chi connectivity index (χ0v) is 13.6. The predicted molar refractivity (Wildman–Crippen MR) is 88.4 cm³/mol. The van der Waals surface area contributed by atoms with Crippen molar-refractivity contribution in [3.63, 3.8) is 0 Å². The molecule has 3 aliphatic rings. The van der Waals surface area contributed by atoms with Crippen molar-refractivity contribution in [2.24, 2.45) is 5.92 Å². The van der Waals surface area contributed by atoms with Crippen LogP contribution in [0.25, 0.3) is 0 Å². The van der Waals surface area contributed by atoms with Crippen LogP contribution in [0.3, 0.4) is 0 Å². The second-order valence-corrected chi connectivity index (χ2v) is 6.81. The summed E-state index contributed by atoms with van der Waals surface area (Å²) in [5.74, 6) is 1.79. The standard InChI is InChI=1S/C17H25N5O/c23-17(13-2-3-13)22-9-1-8-21(10-11-22)16-14-4-6-18-7-5-15(14)19-12-20-16/h12-13,18H,1-11H2.